The van der Waals surface area contributed by atoms with E-state index in [0.717, 1.165) is 12.8 Å². The van der Waals surface area contributed by atoms with Gasteiger partial charge in [0, 0.05) is 0 Å². The van der Waals surface area contributed by atoms with Crippen LogP contribution in [0.4, 0.5) is 0 Å². The van der Waals surface area contributed by atoms with Gasteiger partial charge in [-0.2, -0.15) is 0 Å². The van der Waals surface area contributed by atoms with Crippen molar-refractivity contribution < 1.29 is 24.2 Å². The Labute approximate surface area is 184 Å². The average molecular weight is 425 g/mol. The van der Waals surface area contributed by atoms with Gasteiger partial charge >= 0.3 is 11.9 Å². The van der Waals surface area contributed by atoms with Crippen LogP contribution in [0.3, 0.4) is 0 Å². The Hall–Kier alpha value is -1.88. The Morgan fingerprint density at radius 2 is 1.40 bits per heavy atom. The smallest absolute Gasteiger partial charge is 0.311 e. The van der Waals surface area contributed by atoms with E-state index >= 15 is 0 Å². The number of esters is 2. The molecule has 0 aliphatic heterocycles. The van der Waals surface area contributed by atoms with Gasteiger partial charge < -0.3 is 14.6 Å². The molecule has 0 aliphatic rings. The lowest BCUT2D eigenvalue weighted by molar-refractivity contribution is -0.155. The molecule has 0 saturated heterocycles. The molecular weight excluding hydrogens is 380 g/mol. The number of aliphatic hydroxyl groups excluding tert-OH is 1. The molecule has 5 heteroatoms. The largest absolute Gasteiger partial charge is 0.469 e. The normalized spacial score (nSPS) is 11.8. The fourth-order valence-electron chi connectivity index (χ4n) is 1.92. The zero-order valence-corrected chi connectivity index (χ0v) is 20.6. The molecule has 1 N–H and O–H groups in total. The molecule has 0 saturated carbocycles. The first kappa shape index (κ1) is 30.3. The summed E-state index contributed by atoms with van der Waals surface area (Å²) in [4.78, 5) is 22.0. The van der Waals surface area contributed by atoms with Gasteiger partial charge in [-0.15, -0.1) is 0 Å². The Kier molecular flexibility index (Phi) is 16.1. The van der Waals surface area contributed by atoms with Gasteiger partial charge in [-0.25, -0.2) is 0 Å². The van der Waals surface area contributed by atoms with Crippen LogP contribution < -0.4 is 0 Å². The van der Waals surface area contributed by atoms with Gasteiger partial charge in [0.1, 0.15) is 6.61 Å². The maximum absolute atomic E-state index is 11.1. The minimum absolute atomic E-state index is 0.0995. The molecular formula is C25H44O5. The molecule has 0 aromatic heterocycles. The van der Waals surface area contributed by atoms with E-state index < -0.39 is 5.41 Å². The summed E-state index contributed by atoms with van der Waals surface area (Å²) < 4.78 is 9.32. The van der Waals surface area contributed by atoms with Gasteiger partial charge in [-0.3, -0.25) is 9.59 Å². The van der Waals surface area contributed by atoms with Crippen molar-refractivity contribution in [2.45, 2.75) is 80.6 Å². The summed E-state index contributed by atoms with van der Waals surface area (Å²) in [5.74, 6) is 0.334. The first-order valence-corrected chi connectivity index (χ1v) is 10.8. The third-order valence-electron chi connectivity index (χ3n) is 5.36. The number of hydrogen-bond donors (Lipinski definition) is 1. The topological polar surface area (TPSA) is 72.8 Å². The molecule has 1 rings (SSSR count). The van der Waals surface area contributed by atoms with Crippen molar-refractivity contribution in [3.63, 3.8) is 0 Å². The van der Waals surface area contributed by atoms with E-state index in [0.29, 0.717) is 5.92 Å². The summed E-state index contributed by atoms with van der Waals surface area (Å²) in [7, 11) is 1.42. The highest BCUT2D eigenvalue weighted by Gasteiger charge is 2.26. The van der Waals surface area contributed by atoms with Crippen molar-refractivity contribution in [2.75, 3.05) is 20.3 Å². The summed E-state index contributed by atoms with van der Waals surface area (Å²) in [5, 5.41) is 8.38. The van der Waals surface area contributed by atoms with Crippen LogP contribution in [0.15, 0.2) is 30.3 Å². The van der Waals surface area contributed by atoms with Gasteiger partial charge in [0.15, 0.2) is 0 Å². The molecule has 0 aliphatic carbocycles. The lowest BCUT2D eigenvalue weighted by Gasteiger charge is -2.19. The number of carbonyl (C=O) groups is 2. The van der Waals surface area contributed by atoms with E-state index in [1.807, 2.05) is 41.5 Å². The molecule has 0 spiro atoms. The van der Waals surface area contributed by atoms with Crippen LogP contribution in [0.1, 0.15) is 86.1 Å². The average Bonchev–Trinajstić information content (AvgIpc) is 2.77. The maximum Gasteiger partial charge on any atom is 0.311 e. The standard InChI is InChI=1S/C10H14.C8H16O3.C7H14O2/c1-3-9(2)10-7-5-4-6-8-10;1-4-8(2,3)7(10)11-6-5-9;1-5-7(2,3)6(8)9-4/h4-9H,3H2,1-2H3;9H,4-6H2,1-3H3;5H2,1-4H3. The van der Waals surface area contributed by atoms with Crippen molar-refractivity contribution >= 4 is 11.9 Å². The molecule has 0 amide bonds. The number of ether oxygens (including phenoxy) is 2. The molecule has 174 valence electrons. The lowest BCUT2D eigenvalue weighted by Crippen LogP contribution is -2.26. The Morgan fingerprint density at radius 3 is 1.73 bits per heavy atom. The SMILES string of the molecule is CCC(C)(C)C(=O)OC.CCC(C)(C)C(=O)OCCO.CCC(C)c1ccccc1. The highest BCUT2D eigenvalue weighted by molar-refractivity contribution is 5.76. The highest BCUT2D eigenvalue weighted by atomic mass is 16.5. The zero-order chi connectivity index (χ0) is 23.8. The van der Waals surface area contributed by atoms with E-state index in [-0.39, 0.29) is 30.6 Å². The molecule has 0 bridgehead atoms. The number of carbonyl (C=O) groups excluding carboxylic acids is 2. The number of hydrogen-bond acceptors (Lipinski definition) is 5. The molecule has 30 heavy (non-hydrogen) atoms. The fraction of sp³-hybridized carbons (Fsp3) is 0.680. The molecule has 5 nitrogen and oxygen atoms in total. The van der Waals surface area contributed by atoms with Crippen molar-refractivity contribution in [1.82, 2.24) is 0 Å². The van der Waals surface area contributed by atoms with Gasteiger partial charge in [0.25, 0.3) is 0 Å². The Morgan fingerprint density at radius 1 is 0.933 bits per heavy atom. The minimum Gasteiger partial charge on any atom is -0.469 e. The van der Waals surface area contributed by atoms with Crippen LogP contribution in [0, 0.1) is 10.8 Å². The monoisotopic (exact) mass is 424 g/mol. The summed E-state index contributed by atoms with van der Waals surface area (Å²) >= 11 is 0. The number of benzene rings is 1. The lowest BCUT2D eigenvalue weighted by atomic mass is 9.91. The minimum atomic E-state index is -0.421. The molecule has 1 aromatic carbocycles. The van der Waals surface area contributed by atoms with Crippen molar-refractivity contribution in [2.24, 2.45) is 10.8 Å². The van der Waals surface area contributed by atoms with Gasteiger partial charge in [0.2, 0.25) is 0 Å². The van der Waals surface area contributed by atoms with Crippen LogP contribution in [0.25, 0.3) is 0 Å². The molecule has 0 heterocycles. The van der Waals surface area contributed by atoms with E-state index in [1.165, 1.54) is 19.1 Å². The Balaban J connectivity index is 0. The Bertz CT molecular complexity index is 578. The number of rotatable bonds is 8. The number of methoxy groups -OCH3 is 1. The van der Waals surface area contributed by atoms with Crippen LogP contribution in [0.2, 0.25) is 0 Å². The zero-order valence-electron chi connectivity index (χ0n) is 20.6. The van der Waals surface area contributed by atoms with Gasteiger partial charge in [-0.05, 0) is 58.4 Å². The van der Waals surface area contributed by atoms with Crippen LogP contribution in [0.5, 0.6) is 0 Å². The van der Waals surface area contributed by atoms with E-state index in [2.05, 4.69) is 48.9 Å². The van der Waals surface area contributed by atoms with E-state index in [4.69, 9.17) is 9.84 Å². The number of aliphatic hydroxyl groups is 1. The molecule has 0 radical (unpaired) electrons. The van der Waals surface area contributed by atoms with Gasteiger partial charge in [-0.1, -0.05) is 58.0 Å². The first-order valence-electron chi connectivity index (χ1n) is 10.8. The molecule has 0 fully saturated rings. The summed E-state index contributed by atoms with van der Waals surface area (Å²) in [6.07, 6.45) is 2.79. The first-order chi connectivity index (χ1) is 13.9. The van der Waals surface area contributed by atoms with E-state index in [9.17, 15) is 9.59 Å². The molecule has 1 atom stereocenters. The highest BCUT2D eigenvalue weighted by Crippen LogP contribution is 2.21. The predicted molar refractivity (Wildman–Crippen MR) is 123 cm³/mol. The second-order valence-corrected chi connectivity index (χ2v) is 8.55. The van der Waals surface area contributed by atoms with Crippen LogP contribution in [-0.4, -0.2) is 37.4 Å². The summed E-state index contributed by atoms with van der Waals surface area (Å²) in [6.45, 7) is 15.8. The summed E-state index contributed by atoms with van der Waals surface area (Å²) in [5.41, 5.74) is 0.717. The predicted octanol–water partition coefficient (Wildman–Crippen LogP) is 5.75. The third kappa shape index (κ3) is 12.6. The second-order valence-electron chi connectivity index (χ2n) is 8.55. The summed E-state index contributed by atoms with van der Waals surface area (Å²) in [6, 6.07) is 10.6. The third-order valence-corrected chi connectivity index (χ3v) is 5.36. The molecule has 1 aromatic rings. The van der Waals surface area contributed by atoms with E-state index in [1.54, 1.807) is 0 Å². The van der Waals surface area contributed by atoms with Crippen molar-refractivity contribution in [3.05, 3.63) is 35.9 Å². The van der Waals surface area contributed by atoms with Crippen LogP contribution in [-0.2, 0) is 19.1 Å². The van der Waals surface area contributed by atoms with Crippen molar-refractivity contribution in [3.8, 4) is 0 Å². The fourth-order valence-corrected chi connectivity index (χ4v) is 1.92. The maximum atomic E-state index is 11.1. The van der Waals surface area contributed by atoms with Gasteiger partial charge in [0.05, 0.1) is 24.5 Å². The molecule has 1 unspecified atom stereocenters. The quantitative estimate of drug-likeness (QED) is 0.538. The van der Waals surface area contributed by atoms with Crippen molar-refractivity contribution in [1.29, 1.82) is 0 Å². The second kappa shape index (κ2) is 15.9. The van der Waals surface area contributed by atoms with Crippen LogP contribution >= 0.6 is 0 Å².